The average molecular weight is 283 g/mol. The van der Waals surface area contributed by atoms with Crippen LogP contribution in [0.25, 0.3) is 5.57 Å². The van der Waals surface area contributed by atoms with Crippen molar-refractivity contribution in [2.45, 2.75) is 25.3 Å². The van der Waals surface area contributed by atoms with Gasteiger partial charge in [-0.15, -0.1) is 0 Å². The van der Waals surface area contributed by atoms with E-state index < -0.39 is 0 Å². The molecule has 1 aromatic carbocycles. The van der Waals surface area contributed by atoms with Crippen LogP contribution in [0.2, 0.25) is 0 Å². The number of likely N-dealkylation sites (tertiary alicyclic amines) is 1. The van der Waals surface area contributed by atoms with Crippen LogP contribution in [0.4, 0.5) is 0 Å². The molecule has 2 atom stereocenters. The number of methoxy groups -OCH3 is 1. The molecule has 1 aliphatic heterocycles. The lowest BCUT2D eigenvalue weighted by atomic mass is 9.61. The first-order valence-corrected chi connectivity index (χ1v) is 7.64. The molecule has 3 aliphatic rings. The van der Waals surface area contributed by atoms with Crippen molar-refractivity contribution in [1.82, 2.24) is 4.90 Å². The maximum Gasteiger partial charge on any atom is 0.165 e. The molecule has 21 heavy (non-hydrogen) atoms. The summed E-state index contributed by atoms with van der Waals surface area (Å²) in [6.45, 7) is 1.13. The lowest BCUT2D eigenvalue weighted by Gasteiger charge is -2.45. The van der Waals surface area contributed by atoms with Crippen LogP contribution in [-0.2, 0) is 6.42 Å². The van der Waals surface area contributed by atoms with E-state index in [1.807, 2.05) is 6.07 Å². The molecule has 1 fully saturated rings. The molecule has 1 heterocycles. The zero-order valence-corrected chi connectivity index (χ0v) is 12.6. The third-order valence-electron chi connectivity index (χ3n) is 5.63. The van der Waals surface area contributed by atoms with Crippen LogP contribution >= 0.6 is 0 Å². The quantitative estimate of drug-likeness (QED) is 0.860. The van der Waals surface area contributed by atoms with E-state index in [-0.39, 0.29) is 5.41 Å². The van der Waals surface area contributed by atoms with E-state index in [4.69, 9.17) is 4.74 Å². The highest BCUT2D eigenvalue weighted by atomic mass is 16.5. The van der Waals surface area contributed by atoms with Crippen LogP contribution in [0.5, 0.6) is 11.5 Å². The van der Waals surface area contributed by atoms with Gasteiger partial charge in [0.25, 0.3) is 0 Å². The first-order chi connectivity index (χ1) is 10.2. The summed E-state index contributed by atoms with van der Waals surface area (Å²) in [5.74, 6) is 0.882. The van der Waals surface area contributed by atoms with Crippen LogP contribution in [0, 0.1) is 5.41 Å². The zero-order valence-electron chi connectivity index (χ0n) is 12.6. The first kappa shape index (κ1) is 13.0. The molecule has 3 heteroatoms. The smallest absolute Gasteiger partial charge is 0.165 e. The lowest BCUT2D eigenvalue weighted by molar-refractivity contribution is 0.220. The Labute approximate surface area is 125 Å². The summed E-state index contributed by atoms with van der Waals surface area (Å²) in [5, 5.41) is 10.7. The number of likely N-dealkylation sites (N-methyl/N-ethyl adjacent to an activating group) is 1. The Bertz CT molecular complexity index is 661. The van der Waals surface area contributed by atoms with Gasteiger partial charge in [-0.25, -0.2) is 0 Å². The van der Waals surface area contributed by atoms with Gasteiger partial charge >= 0.3 is 0 Å². The molecule has 110 valence electrons. The maximum absolute atomic E-state index is 10.7. The Morgan fingerprint density at radius 1 is 1.38 bits per heavy atom. The van der Waals surface area contributed by atoms with Crippen LogP contribution < -0.4 is 4.74 Å². The molecule has 3 nitrogen and oxygen atoms in total. The number of ether oxygens (including phenoxy) is 1. The molecule has 0 aromatic heterocycles. The fraction of sp³-hybridized carbons (Fsp3) is 0.444. The normalized spacial score (nSPS) is 30.4. The standard InChI is InChI=1S/C18H21NO2/c1-19-10-9-18-8-4-3-5-13(18)16-12(11-15(18)19)6-7-14(21-2)17(16)20/h3-7,15,20H,8-11H2,1-2H3. The number of phenolic OH excluding ortho intramolecular Hbond substituents is 1. The summed E-state index contributed by atoms with van der Waals surface area (Å²) >= 11 is 0. The summed E-state index contributed by atoms with van der Waals surface area (Å²) in [5.41, 5.74) is 3.73. The molecular weight excluding hydrogens is 262 g/mol. The average Bonchev–Trinajstić information content (AvgIpc) is 2.82. The van der Waals surface area contributed by atoms with Gasteiger partial charge in [-0.2, -0.15) is 0 Å². The largest absolute Gasteiger partial charge is 0.504 e. The topological polar surface area (TPSA) is 32.7 Å². The Balaban J connectivity index is 1.97. The molecule has 1 saturated heterocycles. The van der Waals surface area contributed by atoms with E-state index in [0.717, 1.165) is 24.9 Å². The van der Waals surface area contributed by atoms with Crippen molar-refractivity contribution in [3.8, 4) is 11.5 Å². The third-order valence-corrected chi connectivity index (χ3v) is 5.63. The minimum absolute atomic E-state index is 0.167. The highest BCUT2D eigenvalue weighted by molar-refractivity contribution is 5.83. The third kappa shape index (κ3) is 1.58. The summed E-state index contributed by atoms with van der Waals surface area (Å²) < 4.78 is 5.32. The summed E-state index contributed by atoms with van der Waals surface area (Å²) in [6.07, 6.45) is 9.85. The molecule has 1 spiro atoms. The van der Waals surface area contributed by atoms with Crippen molar-refractivity contribution >= 4 is 5.57 Å². The fourth-order valence-electron chi connectivity index (χ4n) is 4.53. The Kier molecular flexibility index (Phi) is 2.70. The second-order valence-corrected chi connectivity index (χ2v) is 6.47. The number of hydrogen-bond acceptors (Lipinski definition) is 3. The number of rotatable bonds is 1. The Morgan fingerprint density at radius 2 is 2.24 bits per heavy atom. The molecule has 0 bridgehead atoms. The molecule has 4 rings (SSSR count). The molecule has 1 aromatic rings. The highest BCUT2D eigenvalue weighted by Gasteiger charge is 2.52. The van der Waals surface area contributed by atoms with E-state index in [1.54, 1.807) is 7.11 Å². The number of phenols is 1. The highest BCUT2D eigenvalue weighted by Crippen LogP contribution is 2.58. The van der Waals surface area contributed by atoms with Crippen molar-refractivity contribution in [2.75, 3.05) is 20.7 Å². The number of benzene rings is 1. The van der Waals surface area contributed by atoms with Crippen molar-refractivity contribution in [3.05, 3.63) is 41.5 Å². The monoisotopic (exact) mass is 283 g/mol. The van der Waals surface area contributed by atoms with Crippen LogP contribution in [0.3, 0.4) is 0 Å². The van der Waals surface area contributed by atoms with E-state index >= 15 is 0 Å². The summed E-state index contributed by atoms with van der Waals surface area (Å²) in [4.78, 5) is 2.48. The minimum atomic E-state index is 0.167. The van der Waals surface area contributed by atoms with Crippen LogP contribution in [0.15, 0.2) is 30.4 Å². The molecule has 0 saturated carbocycles. The minimum Gasteiger partial charge on any atom is -0.504 e. The first-order valence-electron chi connectivity index (χ1n) is 7.64. The van der Waals surface area contributed by atoms with Crippen molar-refractivity contribution < 1.29 is 9.84 Å². The second kappa shape index (κ2) is 4.38. The van der Waals surface area contributed by atoms with Gasteiger partial charge in [0.2, 0.25) is 0 Å². The number of nitrogens with zero attached hydrogens (tertiary/aromatic N) is 1. The molecule has 1 N–H and O–H groups in total. The van der Waals surface area contributed by atoms with Crippen molar-refractivity contribution in [2.24, 2.45) is 5.41 Å². The fourth-order valence-corrected chi connectivity index (χ4v) is 4.53. The van der Waals surface area contributed by atoms with Gasteiger partial charge in [-0.1, -0.05) is 24.3 Å². The zero-order chi connectivity index (χ0) is 14.6. The van der Waals surface area contributed by atoms with E-state index in [9.17, 15) is 5.11 Å². The van der Waals surface area contributed by atoms with E-state index in [1.165, 1.54) is 17.6 Å². The molecule has 0 radical (unpaired) electrons. The Morgan fingerprint density at radius 3 is 3.05 bits per heavy atom. The Hall–Kier alpha value is -1.74. The van der Waals surface area contributed by atoms with Gasteiger partial charge in [0.05, 0.1) is 7.11 Å². The molecule has 2 unspecified atom stereocenters. The number of fused-ring (bicyclic) bond motifs is 2. The number of hydrogen-bond donors (Lipinski definition) is 1. The van der Waals surface area contributed by atoms with Crippen LogP contribution in [0.1, 0.15) is 24.0 Å². The number of allylic oxidation sites excluding steroid dienone is 3. The van der Waals surface area contributed by atoms with Gasteiger partial charge < -0.3 is 14.7 Å². The lowest BCUT2D eigenvalue weighted by Crippen LogP contribution is -2.43. The predicted octanol–water partition coefficient (Wildman–Crippen LogP) is 2.99. The summed E-state index contributed by atoms with van der Waals surface area (Å²) in [7, 11) is 3.84. The molecule has 2 aliphatic carbocycles. The SMILES string of the molecule is COc1ccc2c(c1O)C1=CC=CCC13CCN(C)C3C2. The van der Waals surface area contributed by atoms with Gasteiger partial charge in [-0.3, -0.25) is 0 Å². The van der Waals surface area contributed by atoms with Crippen LogP contribution in [-0.4, -0.2) is 36.8 Å². The van der Waals surface area contributed by atoms with Crippen molar-refractivity contribution in [3.63, 3.8) is 0 Å². The van der Waals surface area contributed by atoms with Gasteiger partial charge in [0.1, 0.15) is 0 Å². The molecule has 0 amide bonds. The maximum atomic E-state index is 10.7. The summed E-state index contributed by atoms with van der Waals surface area (Å²) in [6, 6.07) is 4.53. The van der Waals surface area contributed by atoms with Gasteiger partial charge in [0, 0.05) is 17.0 Å². The van der Waals surface area contributed by atoms with E-state index in [2.05, 4.69) is 36.2 Å². The van der Waals surface area contributed by atoms with Gasteiger partial charge in [0.15, 0.2) is 11.5 Å². The molecular formula is C18H21NO2. The number of aromatic hydroxyl groups is 1. The van der Waals surface area contributed by atoms with Crippen molar-refractivity contribution in [1.29, 1.82) is 0 Å². The van der Waals surface area contributed by atoms with Gasteiger partial charge in [-0.05, 0) is 50.1 Å². The predicted molar refractivity (Wildman–Crippen MR) is 83.6 cm³/mol. The van der Waals surface area contributed by atoms with E-state index in [0.29, 0.717) is 17.5 Å². The second-order valence-electron chi connectivity index (χ2n) is 6.47.